The molecule has 94 valence electrons. The molecule has 0 N–H and O–H groups in total. The molecule has 0 unspecified atom stereocenters. The van der Waals surface area contributed by atoms with Crippen molar-refractivity contribution in [2.24, 2.45) is 0 Å². The summed E-state index contributed by atoms with van der Waals surface area (Å²) < 4.78 is 11.0. The highest BCUT2D eigenvalue weighted by atomic mass is 35.5. The number of alkyl halides is 1. The van der Waals surface area contributed by atoms with Crippen molar-refractivity contribution in [2.45, 2.75) is 12.5 Å². The Balaban J connectivity index is 2.06. The molecule has 2 nitrogen and oxygen atoms in total. The number of halogens is 1. The molecule has 0 spiro atoms. The van der Waals surface area contributed by atoms with Crippen molar-refractivity contribution in [3.05, 3.63) is 59.7 Å². The molecule has 0 fully saturated rings. The van der Waals surface area contributed by atoms with E-state index in [0.29, 0.717) is 12.5 Å². The van der Waals surface area contributed by atoms with E-state index in [1.807, 2.05) is 48.5 Å². The maximum atomic E-state index is 5.82. The smallest absolute Gasteiger partial charge is 0.126 e. The fraction of sp³-hybridized carbons (Fsp3) is 0.200. The van der Waals surface area contributed by atoms with Gasteiger partial charge in [-0.25, -0.2) is 0 Å². The van der Waals surface area contributed by atoms with Crippen LogP contribution in [0.25, 0.3) is 0 Å². The molecule has 18 heavy (non-hydrogen) atoms. The van der Waals surface area contributed by atoms with Crippen molar-refractivity contribution in [3.63, 3.8) is 0 Å². The van der Waals surface area contributed by atoms with Gasteiger partial charge in [-0.2, -0.15) is 0 Å². The van der Waals surface area contributed by atoms with E-state index in [4.69, 9.17) is 21.1 Å². The molecule has 0 saturated heterocycles. The molecule has 0 amide bonds. The van der Waals surface area contributed by atoms with Crippen LogP contribution in [0, 0.1) is 0 Å². The van der Waals surface area contributed by atoms with E-state index < -0.39 is 0 Å². The molecule has 0 bridgehead atoms. The minimum atomic E-state index is 0.433. The van der Waals surface area contributed by atoms with Gasteiger partial charge in [-0.1, -0.05) is 36.4 Å². The van der Waals surface area contributed by atoms with E-state index in [-0.39, 0.29) is 0 Å². The predicted octanol–water partition coefficient (Wildman–Crippen LogP) is 4.01. The second kappa shape index (κ2) is 6.31. The van der Waals surface area contributed by atoms with E-state index in [0.717, 1.165) is 22.6 Å². The molecule has 2 rings (SSSR count). The van der Waals surface area contributed by atoms with Crippen molar-refractivity contribution in [2.75, 3.05) is 7.11 Å². The van der Waals surface area contributed by atoms with Gasteiger partial charge >= 0.3 is 0 Å². The molecule has 3 heteroatoms. The molecular formula is C15H15ClO2. The van der Waals surface area contributed by atoms with Gasteiger partial charge in [-0.05, 0) is 11.6 Å². The Bertz CT molecular complexity index is 497. The van der Waals surface area contributed by atoms with Gasteiger partial charge in [-0.3, -0.25) is 0 Å². The van der Waals surface area contributed by atoms with Crippen LogP contribution < -0.4 is 9.47 Å². The van der Waals surface area contributed by atoms with Crippen LogP contribution in [0.15, 0.2) is 48.5 Å². The fourth-order valence-corrected chi connectivity index (χ4v) is 1.89. The molecule has 0 atom stereocenters. The minimum Gasteiger partial charge on any atom is -0.496 e. The minimum absolute atomic E-state index is 0.433. The zero-order valence-electron chi connectivity index (χ0n) is 10.2. The Hall–Kier alpha value is -1.67. The Kier molecular flexibility index (Phi) is 4.48. The van der Waals surface area contributed by atoms with Crippen molar-refractivity contribution >= 4 is 11.6 Å². The summed E-state index contributed by atoms with van der Waals surface area (Å²) in [5.74, 6) is 1.97. The van der Waals surface area contributed by atoms with Gasteiger partial charge in [0, 0.05) is 11.6 Å². The standard InChI is InChI=1S/C15H15ClO2/c1-17-15-9-14(8-7-13(15)10-16)18-11-12-5-3-2-4-6-12/h2-9H,10-11H2,1H3. The van der Waals surface area contributed by atoms with Gasteiger partial charge in [0.15, 0.2) is 0 Å². The summed E-state index contributed by atoms with van der Waals surface area (Å²) in [7, 11) is 1.63. The molecule has 0 radical (unpaired) electrons. The van der Waals surface area contributed by atoms with Crippen LogP contribution in [0.3, 0.4) is 0 Å². The first kappa shape index (κ1) is 12.8. The number of rotatable bonds is 5. The van der Waals surface area contributed by atoms with Crippen LogP contribution in [-0.4, -0.2) is 7.11 Å². The van der Waals surface area contributed by atoms with Crippen molar-refractivity contribution in [3.8, 4) is 11.5 Å². The third-order valence-corrected chi connectivity index (χ3v) is 2.94. The summed E-state index contributed by atoms with van der Waals surface area (Å²) in [6, 6.07) is 15.7. The fourth-order valence-electron chi connectivity index (χ4n) is 1.67. The maximum absolute atomic E-state index is 5.82. The van der Waals surface area contributed by atoms with Gasteiger partial charge < -0.3 is 9.47 Å². The summed E-state index contributed by atoms with van der Waals surface area (Å²) >= 11 is 5.82. The lowest BCUT2D eigenvalue weighted by atomic mass is 10.2. The zero-order chi connectivity index (χ0) is 12.8. The summed E-state index contributed by atoms with van der Waals surface area (Å²) in [4.78, 5) is 0. The number of methoxy groups -OCH3 is 1. The first-order chi connectivity index (χ1) is 8.83. The first-order valence-corrected chi connectivity index (χ1v) is 6.26. The van der Waals surface area contributed by atoms with Crippen LogP contribution in [0.1, 0.15) is 11.1 Å². The van der Waals surface area contributed by atoms with E-state index in [9.17, 15) is 0 Å². The average molecular weight is 263 g/mol. The SMILES string of the molecule is COc1cc(OCc2ccccc2)ccc1CCl. The second-order valence-electron chi connectivity index (χ2n) is 3.88. The molecule has 0 aromatic heterocycles. The van der Waals surface area contributed by atoms with E-state index >= 15 is 0 Å². The van der Waals surface area contributed by atoms with Gasteiger partial charge in [0.25, 0.3) is 0 Å². The number of benzene rings is 2. The molecule has 0 aliphatic rings. The first-order valence-electron chi connectivity index (χ1n) is 5.73. The largest absolute Gasteiger partial charge is 0.496 e. The summed E-state index contributed by atoms with van der Waals surface area (Å²) in [5.41, 5.74) is 2.10. The number of hydrogen-bond donors (Lipinski definition) is 0. The predicted molar refractivity (Wildman–Crippen MR) is 73.3 cm³/mol. The number of hydrogen-bond acceptors (Lipinski definition) is 2. The molecule has 2 aromatic carbocycles. The lowest BCUT2D eigenvalue weighted by Gasteiger charge is -2.10. The lowest BCUT2D eigenvalue weighted by Crippen LogP contribution is -1.96. The third-order valence-electron chi connectivity index (χ3n) is 2.65. The van der Waals surface area contributed by atoms with Gasteiger partial charge in [0.1, 0.15) is 18.1 Å². The van der Waals surface area contributed by atoms with Crippen LogP contribution in [0.5, 0.6) is 11.5 Å². The molecule has 0 aliphatic carbocycles. The molecule has 2 aromatic rings. The molecule has 0 heterocycles. The highest BCUT2D eigenvalue weighted by Crippen LogP contribution is 2.26. The van der Waals surface area contributed by atoms with Gasteiger partial charge in [-0.15, -0.1) is 11.6 Å². The normalized spacial score (nSPS) is 10.1. The number of ether oxygens (including phenoxy) is 2. The van der Waals surface area contributed by atoms with Crippen LogP contribution in [-0.2, 0) is 12.5 Å². The highest BCUT2D eigenvalue weighted by molar-refractivity contribution is 6.17. The van der Waals surface area contributed by atoms with Crippen LogP contribution in [0.2, 0.25) is 0 Å². The summed E-state index contributed by atoms with van der Waals surface area (Å²) in [6.45, 7) is 0.546. The van der Waals surface area contributed by atoms with Crippen molar-refractivity contribution < 1.29 is 9.47 Å². The molecule has 0 aliphatic heterocycles. The second-order valence-corrected chi connectivity index (χ2v) is 4.15. The molecular weight excluding hydrogens is 248 g/mol. The molecule has 0 saturated carbocycles. The quantitative estimate of drug-likeness (QED) is 0.758. The van der Waals surface area contributed by atoms with Crippen LogP contribution in [0.4, 0.5) is 0 Å². The monoisotopic (exact) mass is 262 g/mol. The van der Waals surface area contributed by atoms with E-state index in [2.05, 4.69) is 0 Å². The Morgan fingerprint density at radius 2 is 1.83 bits per heavy atom. The Labute approximate surface area is 112 Å². The topological polar surface area (TPSA) is 18.5 Å². The van der Waals surface area contributed by atoms with Crippen molar-refractivity contribution in [1.29, 1.82) is 0 Å². The zero-order valence-corrected chi connectivity index (χ0v) is 11.0. The third kappa shape index (κ3) is 3.17. The maximum Gasteiger partial charge on any atom is 0.126 e. The van der Waals surface area contributed by atoms with E-state index in [1.54, 1.807) is 7.11 Å². The highest BCUT2D eigenvalue weighted by Gasteiger charge is 2.04. The van der Waals surface area contributed by atoms with Gasteiger partial charge in [0.2, 0.25) is 0 Å². The Morgan fingerprint density at radius 1 is 1.06 bits per heavy atom. The van der Waals surface area contributed by atoms with Crippen LogP contribution >= 0.6 is 11.6 Å². The van der Waals surface area contributed by atoms with E-state index in [1.165, 1.54) is 0 Å². The summed E-state index contributed by atoms with van der Waals surface area (Å²) in [5, 5.41) is 0. The summed E-state index contributed by atoms with van der Waals surface area (Å²) in [6.07, 6.45) is 0. The van der Waals surface area contributed by atoms with Crippen molar-refractivity contribution in [1.82, 2.24) is 0 Å². The average Bonchev–Trinajstić information content (AvgIpc) is 2.45. The lowest BCUT2D eigenvalue weighted by molar-refractivity contribution is 0.303. The van der Waals surface area contributed by atoms with Gasteiger partial charge in [0.05, 0.1) is 13.0 Å². The Morgan fingerprint density at radius 3 is 2.50 bits per heavy atom.